The molecule has 142 valence electrons. The number of fused-ring (bicyclic) bond motifs is 1. The predicted molar refractivity (Wildman–Crippen MR) is 101 cm³/mol. The van der Waals surface area contributed by atoms with E-state index in [9.17, 15) is 15.0 Å². The lowest BCUT2D eigenvalue weighted by Gasteiger charge is -2.29. The highest BCUT2D eigenvalue weighted by Gasteiger charge is 2.37. The van der Waals surface area contributed by atoms with E-state index in [-0.39, 0.29) is 18.0 Å². The number of aliphatic hydroxyl groups excluding tert-OH is 1. The van der Waals surface area contributed by atoms with Crippen LogP contribution in [0.3, 0.4) is 0 Å². The maximum absolute atomic E-state index is 12.5. The lowest BCUT2D eigenvalue weighted by molar-refractivity contribution is -0.115. The zero-order valence-corrected chi connectivity index (χ0v) is 15.4. The molecule has 0 unspecified atom stereocenters. The van der Waals surface area contributed by atoms with Crippen molar-refractivity contribution in [3.8, 4) is 5.75 Å². The summed E-state index contributed by atoms with van der Waals surface area (Å²) in [6.07, 6.45) is 0.378. The molecule has 0 aliphatic carbocycles. The van der Waals surface area contributed by atoms with Crippen molar-refractivity contribution in [3.05, 3.63) is 40.4 Å². The summed E-state index contributed by atoms with van der Waals surface area (Å²) < 4.78 is 5.53. The maximum Gasteiger partial charge on any atom is 0.547 e. The molecule has 9 nitrogen and oxygen atoms in total. The van der Waals surface area contributed by atoms with Crippen molar-refractivity contribution in [1.82, 2.24) is 10.3 Å². The number of aromatic nitrogens is 1. The molecule has 1 aromatic heterocycles. The number of carbonyl (C=O) groups is 1. The number of rotatable bonds is 6. The van der Waals surface area contributed by atoms with Crippen LogP contribution in [0.15, 0.2) is 28.7 Å². The van der Waals surface area contributed by atoms with Gasteiger partial charge in [-0.2, -0.15) is 0 Å². The summed E-state index contributed by atoms with van der Waals surface area (Å²) in [5, 5.41) is 38.9. The number of aryl methyl sites for hydroxylation is 1. The minimum atomic E-state index is -1.22. The highest BCUT2D eigenvalue weighted by Crippen LogP contribution is 2.29. The fourth-order valence-electron chi connectivity index (χ4n) is 2.78. The molecule has 0 spiro atoms. The highest BCUT2D eigenvalue weighted by atomic mass is 32.1. The fourth-order valence-corrected chi connectivity index (χ4v) is 3.51. The summed E-state index contributed by atoms with van der Waals surface area (Å²) in [5.74, 6) is -0.764. The van der Waals surface area contributed by atoms with E-state index in [1.807, 2.05) is 25.1 Å². The molecule has 27 heavy (non-hydrogen) atoms. The average Bonchev–Trinajstić information content (AvgIpc) is 3.10. The van der Waals surface area contributed by atoms with Crippen LogP contribution >= 0.6 is 11.3 Å². The Morgan fingerprint density at radius 3 is 3.07 bits per heavy atom. The van der Waals surface area contributed by atoms with E-state index >= 15 is 0 Å². The topological polar surface area (TPSA) is 136 Å². The Morgan fingerprint density at radius 1 is 1.52 bits per heavy atom. The molecular weight excluding hydrogens is 371 g/mol. The molecule has 3 rings (SSSR count). The van der Waals surface area contributed by atoms with Gasteiger partial charge in [0.05, 0.1) is 12.5 Å². The number of nitrogens with zero attached hydrogens (tertiary/aromatic N) is 2. The van der Waals surface area contributed by atoms with Gasteiger partial charge in [-0.3, -0.25) is 4.79 Å². The van der Waals surface area contributed by atoms with E-state index in [2.05, 4.69) is 20.8 Å². The van der Waals surface area contributed by atoms with Gasteiger partial charge in [0.2, 0.25) is 0 Å². The number of anilines is 1. The lowest BCUT2D eigenvalue weighted by Crippen LogP contribution is -2.54. The third kappa shape index (κ3) is 4.21. The molecule has 1 amide bonds. The van der Waals surface area contributed by atoms with E-state index < -0.39 is 19.0 Å². The van der Waals surface area contributed by atoms with Crippen LogP contribution < -0.4 is 15.3 Å². The average molecular weight is 390 g/mol. The van der Waals surface area contributed by atoms with Crippen molar-refractivity contribution in [2.75, 3.05) is 18.5 Å². The first-order valence-corrected chi connectivity index (χ1v) is 9.18. The summed E-state index contributed by atoms with van der Waals surface area (Å²) in [4.78, 5) is 16.7. The number of para-hydroxylation sites is 1. The Hall–Kier alpha value is -2.63. The molecule has 0 bridgehead atoms. The van der Waals surface area contributed by atoms with Crippen LogP contribution in [0.25, 0.3) is 0 Å². The number of oxime groups is 1. The van der Waals surface area contributed by atoms with Crippen LogP contribution in [-0.2, 0) is 11.2 Å². The first kappa shape index (κ1) is 19.1. The molecular formula is C16H19BN4O5S. The lowest BCUT2D eigenvalue weighted by atomic mass is 9.72. The normalized spacial score (nSPS) is 16.5. The molecule has 0 saturated heterocycles. The maximum atomic E-state index is 12.5. The van der Waals surface area contributed by atoms with Gasteiger partial charge in [0.25, 0.3) is 5.91 Å². The van der Waals surface area contributed by atoms with Crippen molar-refractivity contribution in [3.63, 3.8) is 0 Å². The molecule has 0 radical (unpaired) electrons. The summed E-state index contributed by atoms with van der Waals surface area (Å²) in [5.41, 5.74) is 1.69. The van der Waals surface area contributed by atoms with Gasteiger partial charge < -0.3 is 30.6 Å². The SMILES string of the molecule is Cc1cccc2c1OB(O)[C@@H](NC(=O)/C(=N\O)c1csc(NCCO)n1)C2. The van der Waals surface area contributed by atoms with Gasteiger partial charge in [0.15, 0.2) is 10.8 Å². The number of nitrogens with one attached hydrogen (secondary N) is 2. The van der Waals surface area contributed by atoms with Gasteiger partial charge in [-0.15, -0.1) is 11.3 Å². The van der Waals surface area contributed by atoms with Crippen LogP contribution in [0.1, 0.15) is 16.8 Å². The van der Waals surface area contributed by atoms with Crippen molar-refractivity contribution >= 4 is 35.2 Å². The zero-order valence-electron chi connectivity index (χ0n) is 14.5. The Balaban J connectivity index is 1.71. The summed E-state index contributed by atoms with van der Waals surface area (Å²) in [6.45, 7) is 2.14. The van der Waals surface area contributed by atoms with E-state index in [1.165, 1.54) is 11.3 Å². The van der Waals surface area contributed by atoms with E-state index in [1.54, 1.807) is 5.38 Å². The first-order chi connectivity index (χ1) is 13.0. The number of thiazole rings is 1. The van der Waals surface area contributed by atoms with Crippen LogP contribution in [0.5, 0.6) is 5.75 Å². The third-order valence-electron chi connectivity index (χ3n) is 4.08. The Labute approximate surface area is 159 Å². The monoisotopic (exact) mass is 390 g/mol. The van der Waals surface area contributed by atoms with Crippen molar-refractivity contribution in [2.24, 2.45) is 5.16 Å². The van der Waals surface area contributed by atoms with Crippen LogP contribution in [-0.4, -0.2) is 58.2 Å². The van der Waals surface area contributed by atoms with Crippen molar-refractivity contribution in [1.29, 1.82) is 0 Å². The van der Waals surface area contributed by atoms with Gasteiger partial charge >= 0.3 is 7.12 Å². The number of carbonyl (C=O) groups excluding carboxylic acids is 1. The molecule has 1 aliphatic heterocycles. The molecule has 5 N–H and O–H groups in total. The first-order valence-electron chi connectivity index (χ1n) is 8.30. The Morgan fingerprint density at radius 2 is 2.33 bits per heavy atom. The molecule has 11 heteroatoms. The summed E-state index contributed by atoms with van der Waals surface area (Å²) in [7, 11) is -1.22. The van der Waals surface area contributed by atoms with Gasteiger partial charge in [-0.1, -0.05) is 23.4 Å². The van der Waals surface area contributed by atoms with Gasteiger partial charge in [0.1, 0.15) is 11.4 Å². The van der Waals surface area contributed by atoms with E-state index in [0.717, 1.165) is 11.1 Å². The minimum absolute atomic E-state index is 0.0587. The second-order valence-electron chi connectivity index (χ2n) is 5.99. The van der Waals surface area contributed by atoms with Crippen molar-refractivity contribution in [2.45, 2.75) is 19.3 Å². The fraction of sp³-hybridized carbons (Fsp3) is 0.312. The number of hydrogen-bond donors (Lipinski definition) is 5. The molecule has 0 saturated carbocycles. The van der Waals surface area contributed by atoms with Crippen LogP contribution in [0.4, 0.5) is 5.13 Å². The second-order valence-corrected chi connectivity index (χ2v) is 6.85. The van der Waals surface area contributed by atoms with Gasteiger partial charge in [-0.25, -0.2) is 4.98 Å². The quantitative estimate of drug-likeness (QED) is 0.205. The molecule has 2 heterocycles. The zero-order chi connectivity index (χ0) is 19.4. The molecule has 1 aromatic carbocycles. The molecule has 2 aromatic rings. The molecule has 1 aliphatic rings. The smallest absolute Gasteiger partial charge is 0.534 e. The van der Waals surface area contributed by atoms with Crippen LogP contribution in [0.2, 0.25) is 0 Å². The number of aliphatic hydroxyl groups is 1. The van der Waals surface area contributed by atoms with Gasteiger partial charge in [-0.05, 0) is 24.5 Å². The van der Waals surface area contributed by atoms with Crippen LogP contribution in [0, 0.1) is 6.92 Å². The Bertz CT molecular complexity index is 859. The number of hydrogen-bond acceptors (Lipinski definition) is 9. The molecule has 0 fully saturated rings. The van der Waals surface area contributed by atoms with E-state index in [4.69, 9.17) is 9.76 Å². The predicted octanol–water partition coefficient (Wildman–Crippen LogP) is 0.174. The van der Waals surface area contributed by atoms with E-state index in [0.29, 0.717) is 23.8 Å². The minimum Gasteiger partial charge on any atom is -0.534 e. The molecule has 1 atom stereocenters. The number of benzene rings is 1. The third-order valence-corrected chi connectivity index (χ3v) is 4.88. The van der Waals surface area contributed by atoms with Gasteiger partial charge in [0, 0.05) is 11.9 Å². The summed E-state index contributed by atoms with van der Waals surface area (Å²) >= 11 is 1.21. The standard InChI is InChI=1S/C16H19BN4O5S/c1-9-3-2-4-10-7-12(17(24)26-14(9)10)20-15(23)13(21-25)11-8-27-16(19-11)18-5-6-22/h2-4,8,12,22,24-25H,5-7H2,1H3,(H,18,19)(H,20,23)/b21-13-/t12-/m0/s1. The highest BCUT2D eigenvalue weighted by molar-refractivity contribution is 7.14. The second kappa shape index (κ2) is 8.38. The number of amides is 1. The Kier molecular flexibility index (Phi) is 5.94. The van der Waals surface area contributed by atoms with Crippen molar-refractivity contribution < 1.29 is 24.8 Å². The summed E-state index contributed by atoms with van der Waals surface area (Å²) in [6, 6.07) is 5.63. The largest absolute Gasteiger partial charge is 0.547 e.